The van der Waals surface area contributed by atoms with Gasteiger partial charge in [0.2, 0.25) is 0 Å². The minimum atomic E-state index is -0.119. The van der Waals surface area contributed by atoms with E-state index >= 15 is 0 Å². The standard InChI is InChI=1S/C10H14N2S/c1-13-9-4-2-3-8(5-9)10(11)6-12-7-10/h2-5,12H,6-7,11H2,1H3. The first-order valence-electron chi connectivity index (χ1n) is 4.39. The summed E-state index contributed by atoms with van der Waals surface area (Å²) in [6.07, 6.45) is 2.08. The molecule has 0 saturated carbocycles. The van der Waals surface area contributed by atoms with Crippen LogP contribution in [0.2, 0.25) is 0 Å². The van der Waals surface area contributed by atoms with Crippen LogP contribution < -0.4 is 11.1 Å². The van der Waals surface area contributed by atoms with E-state index in [9.17, 15) is 0 Å². The van der Waals surface area contributed by atoms with Crippen LogP contribution in [0.4, 0.5) is 0 Å². The summed E-state index contributed by atoms with van der Waals surface area (Å²) in [4.78, 5) is 1.29. The highest BCUT2D eigenvalue weighted by molar-refractivity contribution is 7.98. The molecule has 70 valence electrons. The number of nitrogens with one attached hydrogen (secondary N) is 1. The third kappa shape index (κ3) is 1.59. The summed E-state index contributed by atoms with van der Waals surface area (Å²) >= 11 is 1.76. The maximum atomic E-state index is 6.18. The normalized spacial score (nSPS) is 19.5. The number of benzene rings is 1. The third-order valence-corrected chi connectivity index (χ3v) is 3.25. The predicted molar refractivity (Wildman–Crippen MR) is 57.0 cm³/mol. The number of thioether (sulfide) groups is 1. The van der Waals surface area contributed by atoms with Crippen molar-refractivity contribution >= 4 is 11.8 Å². The Morgan fingerprint density at radius 1 is 1.46 bits per heavy atom. The summed E-state index contributed by atoms with van der Waals surface area (Å²) < 4.78 is 0. The van der Waals surface area contributed by atoms with Crippen molar-refractivity contribution in [2.75, 3.05) is 19.3 Å². The molecule has 0 bridgehead atoms. The summed E-state index contributed by atoms with van der Waals surface area (Å²) in [5.41, 5.74) is 7.30. The van der Waals surface area contributed by atoms with E-state index in [4.69, 9.17) is 5.73 Å². The predicted octanol–water partition coefficient (Wildman–Crippen LogP) is 1.17. The highest BCUT2D eigenvalue weighted by Crippen LogP contribution is 2.25. The topological polar surface area (TPSA) is 38.0 Å². The summed E-state index contributed by atoms with van der Waals surface area (Å²) in [7, 11) is 0. The lowest BCUT2D eigenvalue weighted by Crippen LogP contribution is -2.62. The molecule has 0 radical (unpaired) electrons. The van der Waals surface area contributed by atoms with Gasteiger partial charge in [-0.15, -0.1) is 11.8 Å². The maximum Gasteiger partial charge on any atom is 0.0662 e. The second-order valence-corrected chi connectivity index (χ2v) is 4.37. The van der Waals surface area contributed by atoms with Gasteiger partial charge in [0.05, 0.1) is 5.54 Å². The molecule has 1 aliphatic heterocycles. The summed E-state index contributed by atoms with van der Waals surface area (Å²) in [6, 6.07) is 8.49. The van der Waals surface area contributed by atoms with E-state index in [2.05, 4.69) is 35.8 Å². The van der Waals surface area contributed by atoms with Crippen molar-refractivity contribution in [1.82, 2.24) is 5.32 Å². The molecular formula is C10H14N2S. The van der Waals surface area contributed by atoms with Crippen molar-refractivity contribution in [2.45, 2.75) is 10.4 Å². The van der Waals surface area contributed by atoms with Gasteiger partial charge in [-0.3, -0.25) is 0 Å². The maximum absolute atomic E-state index is 6.18. The number of nitrogens with two attached hydrogens (primary N) is 1. The van der Waals surface area contributed by atoms with Crippen molar-refractivity contribution < 1.29 is 0 Å². The molecule has 2 rings (SSSR count). The van der Waals surface area contributed by atoms with E-state index in [1.807, 2.05) is 0 Å². The first kappa shape index (κ1) is 9.06. The van der Waals surface area contributed by atoms with Crippen LogP contribution in [-0.2, 0) is 5.54 Å². The van der Waals surface area contributed by atoms with Crippen LogP contribution in [0.5, 0.6) is 0 Å². The van der Waals surface area contributed by atoms with Crippen LogP contribution in [-0.4, -0.2) is 19.3 Å². The average molecular weight is 194 g/mol. The molecule has 1 saturated heterocycles. The van der Waals surface area contributed by atoms with Gasteiger partial charge in [-0.1, -0.05) is 12.1 Å². The van der Waals surface area contributed by atoms with Gasteiger partial charge in [-0.2, -0.15) is 0 Å². The van der Waals surface area contributed by atoms with Crippen molar-refractivity contribution in [1.29, 1.82) is 0 Å². The molecule has 1 heterocycles. The second kappa shape index (κ2) is 3.33. The quantitative estimate of drug-likeness (QED) is 0.694. The van der Waals surface area contributed by atoms with Crippen LogP contribution in [0.25, 0.3) is 0 Å². The molecule has 0 aliphatic carbocycles. The molecule has 3 N–H and O–H groups in total. The molecular weight excluding hydrogens is 180 g/mol. The molecule has 1 aromatic rings. The fourth-order valence-corrected chi connectivity index (χ4v) is 1.99. The fourth-order valence-electron chi connectivity index (χ4n) is 1.53. The zero-order valence-corrected chi connectivity index (χ0v) is 8.53. The van der Waals surface area contributed by atoms with Crippen LogP contribution in [0, 0.1) is 0 Å². The van der Waals surface area contributed by atoms with Gasteiger partial charge in [0.15, 0.2) is 0 Å². The molecule has 1 fully saturated rings. The van der Waals surface area contributed by atoms with Crippen molar-refractivity contribution in [2.24, 2.45) is 5.73 Å². The lowest BCUT2D eigenvalue weighted by molar-refractivity contribution is 0.287. The number of hydrogen-bond donors (Lipinski definition) is 2. The highest BCUT2D eigenvalue weighted by atomic mass is 32.2. The minimum absolute atomic E-state index is 0.119. The molecule has 0 aromatic heterocycles. The van der Waals surface area contributed by atoms with E-state index in [-0.39, 0.29) is 5.54 Å². The molecule has 0 unspecified atom stereocenters. The van der Waals surface area contributed by atoms with Gasteiger partial charge in [-0.05, 0) is 24.0 Å². The monoisotopic (exact) mass is 194 g/mol. The molecule has 2 nitrogen and oxygen atoms in total. The van der Waals surface area contributed by atoms with E-state index < -0.39 is 0 Å². The molecule has 1 aromatic carbocycles. The Morgan fingerprint density at radius 2 is 2.23 bits per heavy atom. The highest BCUT2D eigenvalue weighted by Gasteiger charge is 2.34. The molecule has 0 spiro atoms. The van der Waals surface area contributed by atoms with Crippen LogP contribution in [0.15, 0.2) is 29.2 Å². The summed E-state index contributed by atoms with van der Waals surface area (Å²) in [6.45, 7) is 1.79. The van der Waals surface area contributed by atoms with Gasteiger partial charge in [-0.25, -0.2) is 0 Å². The van der Waals surface area contributed by atoms with Crippen LogP contribution in [0.1, 0.15) is 5.56 Å². The molecule has 0 amide bonds. The van der Waals surface area contributed by atoms with Crippen molar-refractivity contribution in [3.05, 3.63) is 29.8 Å². The minimum Gasteiger partial charge on any atom is -0.319 e. The Labute approximate surface area is 82.9 Å². The lowest BCUT2D eigenvalue weighted by Gasteiger charge is -2.39. The Bertz CT molecular complexity index is 308. The number of rotatable bonds is 2. The number of hydrogen-bond acceptors (Lipinski definition) is 3. The largest absolute Gasteiger partial charge is 0.319 e. The van der Waals surface area contributed by atoms with E-state index in [0.717, 1.165) is 13.1 Å². The first-order valence-corrected chi connectivity index (χ1v) is 5.61. The molecule has 1 aliphatic rings. The van der Waals surface area contributed by atoms with Crippen LogP contribution in [0.3, 0.4) is 0 Å². The lowest BCUT2D eigenvalue weighted by atomic mass is 9.85. The second-order valence-electron chi connectivity index (χ2n) is 3.49. The van der Waals surface area contributed by atoms with Crippen LogP contribution >= 0.6 is 11.8 Å². The summed E-state index contributed by atoms with van der Waals surface area (Å²) in [5, 5.41) is 3.21. The van der Waals surface area contributed by atoms with Crippen molar-refractivity contribution in [3.8, 4) is 0 Å². The van der Waals surface area contributed by atoms with E-state index in [1.54, 1.807) is 11.8 Å². The Morgan fingerprint density at radius 3 is 2.77 bits per heavy atom. The SMILES string of the molecule is CSc1cccc(C2(N)CNC2)c1. The Hall–Kier alpha value is -0.510. The Kier molecular flexibility index (Phi) is 2.32. The Balaban J connectivity index is 2.29. The van der Waals surface area contributed by atoms with Gasteiger partial charge in [0.25, 0.3) is 0 Å². The molecule has 3 heteroatoms. The van der Waals surface area contributed by atoms with Gasteiger partial charge in [0.1, 0.15) is 0 Å². The first-order chi connectivity index (χ1) is 6.24. The molecule has 0 atom stereocenters. The van der Waals surface area contributed by atoms with Crippen molar-refractivity contribution in [3.63, 3.8) is 0 Å². The van der Waals surface area contributed by atoms with E-state index in [1.165, 1.54) is 10.5 Å². The van der Waals surface area contributed by atoms with E-state index in [0.29, 0.717) is 0 Å². The smallest absolute Gasteiger partial charge is 0.0662 e. The third-order valence-electron chi connectivity index (χ3n) is 2.53. The summed E-state index contributed by atoms with van der Waals surface area (Å²) in [5.74, 6) is 0. The zero-order chi connectivity index (χ0) is 9.31. The molecule has 13 heavy (non-hydrogen) atoms. The fraction of sp³-hybridized carbons (Fsp3) is 0.400. The van der Waals surface area contributed by atoms with Gasteiger partial charge >= 0.3 is 0 Å². The zero-order valence-electron chi connectivity index (χ0n) is 7.71. The van der Waals surface area contributed by atoms with Gasteiger partial charge < -0.3 is 11.1 Å². The van der Waals surface area contributed by atoms with Gasteiger partial charge in [0, 0.05) is 18.0 Å². The average Bonchev–Trinajstić information content (AvgIpc) is 2.14.